The zero-order valence-electron chi connectivity index (χ0n) is 11.2. The fourth-order valence-corrected chi connectivity index (χ4v) is 1.49. The first-order valence-corrected chi connectivity index (χ1v) is 6.12. The molecule has 0 atom stereocenters. The Morgan fingerprint density at radius 3 is 2.71 bits per heavy atom. The zero-order valence-corrected chi connectivity index (χ0v) is 11.2. The van der Waals surface area contributed by atoms with E-state index in [0.29, 0.717) is 0 Å². The van der Waals surface area contributed by atoms with Gasteiger partial charge in [0.05, 0.1) is 0 Å². The van der Waals surface area contributed by atoms with Crippen molar-refractivity contribution in [3.8, 4) is 0 Å². The molecule has 0 aliphatic rings. The third-order valence-corrected chi connectivity index (χ3v) is 2.47. The van der Waals surface area contributed by atoms with Crippen molar-refractivity contribution in [2.45, 2.75) is 20.3 Å². The molecule has 1 aromatic heterocycles. The first-order valence-electron chi connectivity index (χ1n) is 6.12. The quantitative estimate of drug-likeness (QED) is 0.748. The van der Waals surface area contributed by atoms with E-state index < -0.39 is 0 Å². The molecule has 96 valence electrons. The monoisotopic (exact) mass is 237 g/mol. The second-order valence-corrected chi connectivity index (χ2v) is 4.11. The van der Waals surface area contributed by atoms with Gasteiger partial charge in [0.2, 0.25) is 0 Å². The van der Waals surface area contributed by atoms with E-state index in [1.807, 2.05) is 27.1 Å². The van der Waals surface area contributed by atoms with Crippen molar-refractivity contribution in [2.24, 2.45) is 0 Å². The summed E-state index contributed by atoms with van der Waals surface area (Å²) < 4.78 is 0. The maximum absolute atomic E-state index is 4.44. The van der Waals surface area contributed by atoms with Gasteiger partial charge in [-0.3, -0.25) is 0 Å². The second kappa shape index (κ2) is 7.06. The summed E-state index contributed by atoms with van der Waals surface area (Å²) in [5.74, 6) is 2.68. The molecule has 0 amide bonds. The molecule has 0 fully saturated rings. The highest BCUT2D eigenvalue weighted by Crippen LogP contribution is 2.14. The van der Waals surface area contributed by atoms with Gasteiger partial charge in [-0.15, -0.1) is 0 Å². The molecule has 1 aromatic rings. The van der Waals surface area contributed by atoms with Crippen molar-refractivity contribution >= 4 is 11.6 Å². The van der Waals surface area contributed by atoms with Crippen molar-refractivity contribution in [1.82, 2.24) is 15.3 Å². The van der Waals surface area contributed by atoms with Gasteiger partial charge in [0.15, 0.2) is 0 Å². The Bertz CT molecular complexity index is 340. The lowest BCUT2D eigenvalue weighted by molar-refractivity contribution is 0.758. The number of aromatic nitrogens is 2. The van der Waals surface area contributed by atoms with Gasteiger partial charge in [-0.1, -0.05) is 6.92 Å². The zero-order chi connectivity index (χ0) is 12.7. The average Bonchev–Trinajstić information content (AvgIpc) is 2.32. The van der Waals surface area contributed by atoms with Crippen LogP contribution in [0, 0.1) is 6.92 Å². The maximum Gasteiger partial charge on any atom is 0.134 e. The highest BCUT2D eigenvalue weighted by molar-refractivity contribution is 5.48. The third-order valence-electron chi connectivity index (χ3n) is 2.47. The van der Waals surface area contributed by atoms with Crippen molar-refractivity contribution in [3.63, 3.8) is 0 Å². The standard InChI is InChI=1S/C12H23N5/c1-5-6-14-11-9-12(16-10(2)15-11)17(4)8-7-13-3/h9,13H,5-8H2,1-4H3,(H,14,15,16). The maximum atomic E-state index is 4.44. The average molecular weight is 237 g/mol. The molecular weight excluding hydrogens is 214 g/mol. The number of likely N-dealkylation sites (N-methyl/N-ethyl adjacent to an activating group) is 2. The minimum absolute atomic E-state index is 0.803. The van der Waals surface area contributed by atoms with Gasteiger partial charge >= 0.3 is 0 Å². The molecule has 0 bridgehead atoms. The molecule has 0 radical (unpaired) electrons. The molecular formula is C12H23N5. The molecule has 5 nitrogen and oxygen atoms in total. The molecule has 0 aliphatic heterocycles. The van der Waals surface area contributed by atoms with Crippen LogP contribution in [0.5, 0.6) is 0 Å². The molecule has 1 heterocycles. The molecule has 0 aliphatic carbocycles. The summed E-state index contributed by atoms with van der Waals surface area (Å²) in [7, 11) is 4.00. The van der Waals surface area contributed by atoms with Gasteiger partial charge in [-0.05, 0) is 20.4 Å². The molecule has 17 heavy (non-hydrogen) atoms. The van der Waals surface area contributed by atoms with E-state index in [0.717, 1.165) is 43.5 Å². The summed E-state index contributed by atoms with van der Waals surface area (Å²) in [6, 6.07) is 2.00. The smallest absolute Gasteiger partial charge is 0.134 e. The summed E-state index contributed by atoms with van der Waals surface area (Å²) >= 11 is 0. The Balaban J connectivity index is 2.73. The number of hydrogen-bond donors (Lipinski definition) is 2. The highest BCUT2D eigenvalue weighted by atomic mass is 15.2. The summed E-state index contributed by atoms with van der Waals surface area (Å²) in [6.07, 6.45) is 1.09. The van der Waals surface area contributed by atoms with Crippen LogP contribution in [0.4, 0.5) is 11.6 Å². The lowest BCUT2D eigenvalue weighted by Crippen LogP contribution is -2.28. The third kappa shape index (κ3) is 4.56. The number of anilines is 2. The molecule has 2 N–H and O–H groups in total. The number of aryl methyl sites for hydroxylation is 1. The summed E-state index contributed by atoms with van der Waals surface area (Å²) in [6.45, 7) is 6.88. The van der Waals surface area contributed by atoms with Crippen LogP contribution >= 0.6 is 0 Å². The van der Waals surface area contributed by atoms with Crippen molar-refractivity contribution in [1.29, 1.82) is 0 Å². The van der Waals surface area contributed by atoms with E-state index in [4.69, 9.17) is 0 Å². The Labute approximate surface area is 104 Å². The molecule has 5 heteroatoms. The fraction of sp³-hybridized carbons (Fsp3) is 0.667. The fourth-order valence-electron chi connectivity index (χ4n) is 1.49. The molecule has 0 spiro atoms. The molecule has 0 unspecified atom stereocenters. The number of rotatable bonds is 7. The normalized spacial score (nSPS) is 10.4. The topological polar surface area (TPSA) is 53.1 Å². The van der Waals surface area contributed by atoms with E-state index in [1.54, 1.807) is 0 Å². The van der Waals surface area contributed by atoms with Crippen LogP contribution in [0.2, 0.25) is 0 Å². The van der Waals surface area contributed by atoms with E-state index >= 15 is 0 Å². The minimum Gasteiger partial charge on any atom is -0.370 e. The van der Waals surface area contributed by atoms with E-state index in [9.17, 15) is 0 Å². The van der Waals surface area contributed by atoms with Crippen LogP contribution in [-0.4, -0.2) is 43.7 Å². The number of hydrogen-bond acceptors (Lipinski definition) is 5. The van der Waals surface area contributed by atoms with Gasteiger partial charge < -0.3 is 15.5 Å². The van der Waals surface area contributed by atoms with Gasteiger partial charge in [0.1, 0.15) is 17.5 Å². The van der Waals surface area contributed by atoms with E-state index in [1.165, 1.54) is 0 Å². The van der Waals surface area contributed by atoms with E-state index in [2.05, 4.69) is 32.4 Å². The molecule has 0 aromatic carbocycles. The van der Waals surface area contributed by atoms with Crippen LogP contribution in [0.3, 0.4) is 0 Å². The number of nitrogens with one attached hydrogen (secondary N) is 2. The predicted octanol–water partition coefficient (Wildman–Crippen LogP) is 1.26. The lowest BCUT2D eigenvalue weighted by Gasteiger charge is -2.19. The molecule has 0 saturated carbocycles. The lowest BCUT2D eigenvalue weighted by atomic mass is 10.4. The summed E-state index contributed by atoms with van der Waals surface area (Å²) in [4.78, 5) is 10.9. The molecule has 0 saturated heterocycles. The highest BCUT2D eigenvalue weighted by Gasteiger charge is 2.05. The Morgan fingerprint density at radius 2 is 2.06 bits per heavy atom. The van der Waals surface area contributed by atoms with Gasteiger partial charge in [0.25, 0.3) is 0 Å². The Kier molecular flexibility index (Phi) is 5.69. The van der Waals surface area contributed by atoms with Gasteiger partial charge in [-0.2, -0.15) is 0 Å². The van der Waals surface area contributed by atoms with Crippen molar-refractivity contribution in [2.75, 3.05) is 43.9 Å². The predicted molar refractivity (Wildman–Crippen MR) is 72.7 cm³/mol. The SMILES string of the molecule is CCCNc1cc(N(C)CCNC)nc(C)n1. The molecule has 1 rings (SSSR count). The largest absolute Gasteiger partial charge is 0.370 e. The Morgan fingerprint density at radius 1 is 1.29 bits per heavy atom. The van der Waals surface area contributed by atoms with Gasteiger partial charge in [-0.25, -0.2) is 9.97 Å². The summed E-state index contributed by atoms with van der Waals surface area (Å²) in [5, 5.41) is 6.42. The minimum atomic E-state index is 0.803. The van der Waals surface area contributed by atoms with Crippen molar-refractivity contribution in [3.05, 3.63) is 11.9 Å². The van der Waals surface area contributed by atoms with Crippen LogP contribution in [0.1, 0.15) is 19.2 Å². The van der Waals surface area contributed by atoms with Crippen molar-refractivity contribution < 1.29 is 0 Å². The number of nitrogens with zero attached hydrogens (tertiary/aromatic N) is 3. The first-order chi connectivity index (χ1) is 8.17. The van der Waals surface area contributed by atoms with E-state index in [-0.39, 0.29) is 0 Å². The van der Waals surface area contributed by atoms with Crippen LogP contribution in [0.25, 0.3) is 0 Å². The van der Waals surface area contributed by atoms with Crippen LogP contribution in [-0.2, 0) is 0 Å². The van der Waals surface area contributed by atoms with Gasteiger partial charge in [0, 0.05) is 32.7 Å². The van der Waals surface area contributed by atoms with Crippen LogP contribution in [0.15, 0.2) is 6.07 Å². The first kappa shape index (κ1) is 13.7. The Hall–Kier alpha value is -1.36. The summed E-state index contributed by atoms with van der Waals surface area (Å²) in [5.41, 5.74) is 0. The second-order valence-electron chi connectivity index (χ2n) is 4.11. The van der Waals surface area contributed by atoms with Crippen LogP contribution < -0.4 is 15.5 Å².